The third kappa shape index (κ3) is 3.83. The Labute approximate surface area is 211 Å². The fourth-order valence-corrected chi connectivity index (χ4v) is 4.66. The van der Waals surface area contributed by atoms with Gasteiger partial charge in [-0.15, -0.1) is 0 Å². The molecule has 5 aromatic heterocycles. The molecule has 1 saturated carbocycles. The lowest BCUT2D eigenvalue weighted by Gasteiger charge is -2.24. The van der Waals surface area contributed by atoms with E-state index in [1.165, 1.54) is 0 Å². The minimum absolute atomic E-state index is 0.0522. The maximum absolute atomic E-state index is 12.4. The zero-order valence-corrected chi connectivity index (χ0v) is 19.7. The lowest BCUT2D eigenvalue weighted by molar-refractivity contribution is -0.122. The SMILES string of the molecule is O=C(Nc1cncc(-c2cc3c(cn2)NCN=C3c2nc3c(-c4ccoc4)nccc3[nH]2)c1)C1CCC1. The van der Waals surface area contributed by atoms with E-state index in [0.29, 0.717) is 18.2 Å². The van der Waals surface area contributed by atoms with Crippen molar-refractivity contribution in [1.29, 1.82) is 0 Å². The van der Waals surface area contributed by atoms with Gasteiger partial charge < -0.3 is 20.0 Å². The molecule has 0 saturated heterocycles. The molecule has 0 atom stereocenters. The summed E-state index contributed by atoms with van der Waals surface area (Å²) in [5, 5.41) is 6.27. The molecule has 6 heterocycles. The number of aromatic nitrogens is 5. The first-order valence-corrected chi connectivity index (χ1v) is 12.2. The first kappa shape index (κ1) is 21.4. The molecule has 10 heteroatoms. The summed E-state index contributed by atoms with van der Waals surface area (Å²) in [6, 6.07) is 7.62. The van der Waals surface area contributed by atoms with Crippen LogP contribution < -0.4 is 10.6 Å². The van der Waals surface area contributed by atoms with Crippen molar-refractivity contribution in [2.24, 2.45) is 10.9 Å². The van der Waals surface area contributed by atoms with Crippen molar-refractivity contribution >= 4 is 34.0 Å². The first-order valence-electron chi connectivity index (χ1n) is 12.2. The number of fused-ring (bicyclic) bond motifs is 2. The topological polar surface area (TPSA) is 134 Å². The number of H-pyrrole nitrogens is 1. The van der Waals surface area contributed by atoms with Crippen molar-refractivity contribution in [2.45, 2.75) is 19.3 Å². The van der Waals surface area contributed by atoms with Crippen LogP contribution in [0.15, 0.2) is 71.0 Å². The van der Waals surface area contributed by atoms with E-state index in [0.717, 1.165) is 69.8 Å². The summed E-state index contributed by atoms with van der Waals surface area (Å²) < 4.78 is 5.25. The van der Waals surface area contributed by atoms with E-state index in [2.05, 4.69) is 30.6 Å². The fraction of sp³-hybridized carbons (Fsp3) is 0.185. The molecule has 0 radical (unpaired) electrons. The van der Waals surface area contributed by atoms with E-state index in [9.17, 15) is 4.79 Å². The Bertz CT molecular complexity index is 1670. The van der Waals surface area contributed by atoms with Crippen LogP contribution >= 0.6 is 0 Å². The highest BCUT2D eigenvalue weighted by Gasteiger charge is 2.25. The molecular formula is C27H22N8O2. The third-order valence-electron chi connectivity index (χ3n) is 6.86. The normalized spacial score (nSPS) is 15.0. The minimum Gasteiger partial charge on any atom is -0.472 e. The fourth-order valence-electron chi connectivity index (χ4n) is 4.66. The zero-order chi connectivity index (χ0) is 24.8. The zero-order valence-electron chi connectivity index (χ0n) is 19.7. The standard InChI is InChI=1S/C27H22N8O2/c36-27(15-2-1-3-15)33-18-8-17(10-28-11-18)21-9-19-22(12-30-21)31-14-32-24(19)26-34-20-4-6-29-23(25(20)35-26)16-5-7-37-13-16/h4-13,15,31H,1-3,14H2,(H,33,36)(H,34,35). The summed E-state index contributed by atoms with van der Waals surface area (Å²) in [6.07, 6.45) is 13.2. The summed E-state index contributed by atoms with van der Waals surface area (Å²) in [7, 11) is 0. The largest absolute Gasteiger partial charge is 0.472 e. The molecule has 37 heavy (non-hydrogen) atoms. The van der Waals surface area contributed by atoms with E-state index in [-0.39, 0.29) is 11.8 Å². The van der Waals surface area contributed by atoms with E-state index in [1.807, 2.05) is 24.3 Å². The summed E-state index contributed by atoms with van der Waals surface area (Å²) in [6.45, 7) is 0.414. The van der Waals surface area contributed by atoms with Crippen molar-refractivity contribution < 1.29 is 9.21 Å². The molecule has 1 aliphatic carbocycles. The number of hydrogen-bond donors (Lipinski definition) is 3. The monoisotopic (exact) mass is 490 g/mol. The van der Waals surface area contributed by atoms with Gasteiger partial charge in [0.05, 0.1) is 47.5 Å². The number of rotatable bonds is 5. The van der Waals surface area contributed by atoms with Gasteiger partial charge in [-0.2, -0.15) is 0 Å². The molecule has 1 fully saturated rings. The number of aromatic amines is 1. The Kier molecular flexibility index (Phi) is 5.02. The van der Waals surface area contributed by atoms with Crippen molar-refractivity contribution in [3.8, 4) is 22.5 Å². The number of carbonyl (C=O) groups is 1. The second kappa shape index (κ2) is 8.66. The number of nitrogens with one attached hydrogen (secondary N) is 3. The number of furan rings is 1. The number of anilines is 2. The molecule has 2 aliphatic rings. The molecule has 3 N–H and O–H groups in total. The number of nitrogens with zero attached hydrogens (tertiary/aromatic N) is 5. The maximum Gasteiger partial charge on any atom is 0.227 e. The van der Waals surface area contributed by atoms with E-state index in [4.69, 9.17) is 14.4 Å². The van der Waals surface area contributed by atoms with Crippen LogP contribution in [0.4, 0.5) is 11.4 Å². The third-order valence-corrected chi connectivity index (χ3v) is 6.86. The number of carbonyl (C=O) groups excluding carboxylic acids is 1. The van der Waals surface area contributed by atoms with Crippen molar-refractivity contribution in [1.82, 2.24) is 24.9 Å². The number of hydrogen-bond acceptors (Lipinski definition) is 8. The van der Waals surface area contributed by atoms with Crippen LogP contribution in [0.1, 0.15) is 30.7 Å². The Hall–Kier alpha value is -4.86. The minimum atomic E-state index is 0.0522. The van der Waals surface area contributed by atoms with Crippen LogP contribution in [0.25, 0.3) is 33.5 Å². The van der Waals surface area contributed by atoms with Crippen LogP contribution in [0.3, 0.4) is 0 Å². The predicted octanol–water partition coefficient (Wildman–Crippen LogP) is 4.63. The molecule has 1 amide bonds. The van der Waals surface area contributed by atoms with Gasteiger partial charge in [-0.25, -0.2) is 4.98 Å². The summed E-state index contributed by atoms with van der Waals surface area (Å²) in [5.74, 6) is 0.798. The van der Waals surface area contributed by atoms with Gasteiger partial charge >= 0.3 is 0 Å². The van der Waals surface area contributed by atoms with E-state index < -0.39 is 0 Å². The Morgan fingerprint density at radius 1 is 1.08 bits per heavy atom. The predicted molar refractivity (Wildman–Crippen MR) is 139 cm³/mol. The highest BCUT2D eigenvalue weighted by Crippen LogP contribution is 2.31. The Balaban J connectivity index is 1.24. The van der Waals surface area contributed by atoms with Gasteiger partial charge in [0.2, 0.25) is 5.91 Å². The van der Waals surface area contributed by atoms with Gasteiger partial charge in [-0.05, 0) is 37.1 Å². The van der Waals surface area contributed by atoms with E-state index >= 15 is 0 Å². The van der Waals surface area contributed by atoms with Gasteiger partial charge in [0, 0.05) is 35.0 Å². The van der Waals surface area contributed by atoms with Crippen molar-refractivity contribution in [2.75, 3.05) is 17.3 Å². The maximum atomic E-state index is 12.4. The van der Waals surface area contributed by atoms with Gasteiger partial charge in [-0.1, -0.05) is 6.42 Å². The number of amides is 1. The smallest absolute Gasteiger partial charge is 0.227 e. The highest BCUT2D eigenvalue weighted by molar-refractivity contribution is 6.16. The van der Waals surface area contributed by atoms with Crippen LogP contribution in [-0.2, 0) is 4.79 Å². The number of imidazole rings is 1. The Morgan fingerprint density at radius 2 is 2.03 bits per heavy atom. The highest BCUT2D eigenvalue weighted by atomic mass is 16.3. The first-order chi connectivity index (χ1) is 18.2. The van der Waals surface area contributed by atoms with E-state index in [1.54, 1.807) is 37.3 Å². The molecule has 10 nitrogen and oxygen atoms in total. The average molecular weight is 491 g/mol. The molecule has 0 aromatic carbocycles. The van der Waals surface area contributed by atoms with Crippen LogP contribution in [0, 0.1) is 5.92 Å². The lowest BCUT2D eigenvalue weighted by Crippen LogP contribution is -2.28. The molecule has 182 valence electrons. The van der Waals surface area contributed by atoms with Crippen molar-refractivity contribution in [3.63, 3.8) is 0 Å². The van der Waals surface area contributed by atoms with Crippen LogP contribution in [-0.4, -0.2) is 43.2 Å². The summed E-state index contributed by atoms with van der Waals surface area (Å²) >= 11 is 0. The van der Waals surface area contributed by atoms with Gasteiger partial charge in [0.25, 0.3) is 0 Å². The quantitative estimate of drug-likeness (QED) is 0.327. The second-order valence-electron chi connectivity index (χ2n) is 9.19. The molecule has 0 spiro atoms. The summed E-state index contributed by atoms with van der Waals surface area (Å²) in [5.41, 5.74) is 7.86. The Morgan fingerprint density at radius 3 is 2.86 bits per heavy atom. The second-order valence-corrected chi connectivity index (χ2v) is 9.19. The molecule has 5 aromatic rings. The van der Waals surface area contributed by atoms with Crippen LogP contribution in [0.5, 0.6) is 0 Å². The molecule has 0 bridgehead atoms. The number of pyridine rings is 3. The van der Waals surface area contributed by atoms with Gasteiger partial charge in [0.1, 0.15) is 23.6 Å². The molecule has 0 unspecified atom stereocenters. The average Bonchev–Trinajstić information content (AvgIpc) is 3.57. The summed E-state index contributed by atoms with van der Waals surface area (Å²) in [4.78, 5) is 38.9. The molecule has 1 aliphatic heterocycles. The van der Waals surface area contributed by atoms with Gasteiger partial charge in [0.15, 0.2) is 5.82 Å². The van der Waals surface area contributed by atoms with Crippen LogP contribution in [0.2, 0.25) is 0 Å². The lowest BCUT2D eigenvalue weighted by atomic mass is 9.85. The van der Waals surface area contributed by atoms with Crippen molar-refractivity contribution in [3.05, 3.63) is 73.0 Å². The number of aliphatic imine (C=N–C) groups is 1. The molecule has 7 rings (SSSR count). The molecular weight excluding hydrogens is 468 g/mol. The van der Waals surface area contributed by atoms with Gasteiger partial charge in [-0.3, -0.25) is 24.7 Å².